The topological polar surface area (TPSA) is 25.2 Å². The first kappa shape index (κ1) is 20.9. The molecule has 0 aliphatic heterocycles. The van der Waals surface area contributed by atoms with Crippen LogP contribution in [0.1, 0.15) is 16.7 Å². The van der Waals surface area contributed by atoms with E-state index in [1.54, 1.807) is 0 Å². The van der Waals surface area contributed by atoms with Crippen molar-refractivity contribution in [3.8, 4) is 5.69 Å². The minimum absolute atomic E-state index is 0.807. The lowest BCUT2D eigenvalue weighted by Gasteiger charge is -2.32. The summed E-state index contributed by atoms with van der Waals surface area (Å²) in [5.74, 6) is 0. The largest absolute Gasteiger partial charge is 0.376 e. The third-order valence-corrected chi connectivity index (χ3v) is 7.04. The van der Waals surface area contributed by atoms with E-state index in [9.17, 15) is 5.11 Å². The number of para-hydroxylation sites is 3. The Bertz CT molecular complexity index is 1580. The van der Waals surface area contributed by atoms with E-state index in [-0.39, 0.29) is 0 Å². The van der Waals surface area contributed by atoms with E-state index in [0.29, 0.717) is 0 Å². The molecule has 0 fully saturated rings. The number of benzene rings is 5. The molecule has 2 nitrogen and oxygen atoms in total. The second-order valence-corrected chi connectivity index (χ2v) is 9.39. The molecule has 6 rings (SSSR count). The zero-order chi connectivity index (χ0) is 23.1. The first-order chi connectivity index (χ1) is 16.7. The van der Waals surface area contributed by atoms with Gasteiger partial charge in [-0.3, -0.25) is 0 Å². The predicted octanol–water partition coefficient (Wildman–Crippen LogP) is 7.83. The van der Waals surface area contributed by atoms with E-state index in [4.69, 9.17) is 0 Å². The van der Waals surface area contributed by atoms with E-state index in [0.717, 1.165) is 37.9 Å². The molecule has 1 aromatic heterocycles. The molecule has 1 heterocycles. The second-order valence-electron chi connectivity index (χ2n) is 8.47. The van der Waals surface area contributed by atoms with Gasteiger partial charge in [0, 0.05) is 20.8 Å². The lowest BCUT2D eigenvalue weighted by Crippen LogP contribution is -2.30. The lowest BCUT2D eigenvalue weighted by molar-refractivity contribution is 0.125. The molecule has 0 amide bonds. The highest BCUT2D eigenvalue weighted by atomic mass is 79.9. The third kappa shape index (κ3) is 3.20. The van der Waals surface area contributed by atoms with Crippen molar-refractivity contribution >= 4 is 37.7 Å². The SMILES string of the molecule is OC(c1ccccc1)(c1cccc(Br)c1)c1ccccc1-n1c2ccccc2c2ccccc21. The Hall–Kier alpha value is -3.66. The maximum absolute atomic E-state index is 12.6. The number of fused-ring (bicyclic) bond motifs is 3. The van der Waals surface area contributed by atoms with Gasteiger partial charge in [-0.15, -0.1) is 0 Å². The third-order valence-electron chi connectivity index (χ3n) is 6.55. The van der Waals surface area contributed by atoms with Crippen LogP contribution in [0.5, 0.6) is 0 Å². The summed E-state index contributed by atoms with van der Waals surface area (Å²) in [5.41, 5.74) is 4.27. The summed E-state index contributed by atoms with van der Waals surface area (Å²) in [6.07, 6.45) is 0. The van der Waals surface area contributed by atoms with Crippen molar-refractivity contribution in [1.82, 2.24) is 4.57 Å². The molecule has 5 aromatic carbocycles. The van der Waals surface area contributed by atoms with Gasteiger partial charge >= 0.3 is 0 Å². The minimum Gasteiger partial charge on any atom is -0.376 e. The van der Waals surface area contributed by atoms with Crippen LogP contribution in [0.4, 0.5) is 0 Å². The first-order valence-corrected chi connectivity index (χ1v) is 12.1. The standard InChI is InChI=1S/C31H22BrNO/c32-24-14-10-13-23(21-24)31(34,22-11-2-1-3-12-22)27-17-6-9-20-30(27)33-28-18-7-4-15-25(28)26-16-5-8-19-29(26)33/h1-21,34H. The summed E-state index contributed by atoms with van der Waals surface area (Å²) >= 11 is 3.61. The van der Waals surface area contributed by atoms with Crippen LogP contribution in [0.25, 0.3) is 27.5 Å². The fourth-order valence-corrected chi connectivity index (χ4v) is 5.43. The molecular weight excluding hydrogens is 482 g/mol. The van der Waals surface area contributed by atoms with Crippen molar-refractivity contribution in [1.29, 1.82) is 0 Å². The fraction of sp³-hybridized carbons (Fsp3) is 0.0323. The van der Waals surface area contributed by atoms with Crippen LogP contribution in [-0.4, -0.2) is 9.67 Å². The maximum Gasteiger partial charge on any atom is 0.142 e. The molecule has 1 atom stereocenters. The molecule has 0 aliphatic carbocycles. The molecular formula is C31H22BrNO. The van der Waals surface area contributed by atoms with Crippen molar-refractivity contribution < 1.29 is 5.11 Å². The van der Waals surface area contributed by atoms with Crippen LogP contribution < -0.4 is 0 Å². The van der Waals surface area contributed by atoms with Crippen molar-refractivity contribution in [2.45, 2.75) is 5.60 Å². The molecule has 0 saturated heterocycles. The van der Waals surface area contributed by atoms with Gasteiger partial charge in [-0.05, 0) is 41.5 Å². The average molecular weight is 504 g/mol. The number of rotatable bonds is 4. The molecule has 1 unspecified atom stereocenters. The Morgan fingerprint density at radius 2 is 1.12 bits per heavy atom. The molecule has 1 N–H and O–H groups in total. The summed E-state index contributed by atoms with van der Waals surface area (Å²) in [5, 5.41) is 15.0. The van der Waals surface area contributed by atoms with E-state index < -0.39 is 5.60 Å². The summed E-state index contributed by atoms with van der Waals surface area (Å²) in [4.78, 5) is 0. The molecule has 164 valence electrons. The molecule has 0 spiro atoms. The zero-order valence-corrected chi connectivity index (χ0v) is 20.0. The number of halogens is 1. The monoisotopic (exact) mass is 503 g/mol. The highest BCUT2D eigenvalue weighted by Crippen LogP contribution is 2.42. The van der Waals surface area contributed by atoms with E-state index in [2.05, 4.69) is 75.1 Å². The molecule has 0 radical (unpaired) electrons. The second kappa shape index (κ2) is 8.28. The molecule has 0 aliphatic rings. The smallest absolute Gasteiger partial charge is 0.142 e. The van der Waals surface area contributed by atoms with Gasteiger partial charge in [-0.1, -0.05) is 113 Å². The summed E-state index contributed by atoms with van der Waals surface area (Å²) < 4.78 is 3.19. The fourth-order valence-electron chi connectivity index (χ4n) is 5.03. The highest BCUT2D eigenvalue weighted by Gasteiger charge is 2.36. The number of nitrogens with zero attached hydrogens (tertiary/aromatic N) is 1. The summed E-state index contributed by atoms with van der Waals surface area (Å²) in [6, 6.07) is 42.9. The van der Waals surface area contributed by atoms with Gasteiger partial charge in [0.2, 0.25) is 0 Å². The van der Waals surface area contributed by atoms with E-state index in [1.807, 2.05) is 72.8 Å². The van der Waals surface area contributed by atoms with Crippen LogP contribution in [0.3, 0.4) is 0 Å². The summed E-state index contributed by atoms with van der Waals surface area (Å²) in [6.45, 7) is 0. The Balaban J connectivity index is 1.73. The van der Waals surface area contributed by atoms with Gasteiger partial charge in [-0.2, -0.15) is 0 Å². The van der Waals surface area contributed by atoms with Crippen LogP contribution in [-0.2, 0) is 5.60 Å². The molecule has 6 aromatic rings. The average Bonchev–Trinajstić information content (AvgIpc) is 3.23. The Kier molecular flexibility index (Phi) is 5.09. The van der Waals surface area contributed by atoms with E-state index in [1.165, 1.54) is 10.8 Å². The molecule has 3 heteroatoms. The normalized spacial score (nSPS) is 13.2. The quantitative estimate of drug-likeness (QED) is 0.243. The van der Waals surface area contributed by atoms with Crippen LogP contribution in [0.15, 0.2) is 132 Å². The maximum atomic E-state index is 12.6. The van der Waals surface area contributed by atoms with Crippen LogP contribution in [0, 0.1) is 0 Å². The van der Waals surface area contributed by atoms with Crippen molar-refractivity contribution in [3.63, 3.8) is 0 Å². The predicted molar refractivity (Wildman–Crippen MR) is 143 cm³/mol. The van der Waals surface area contributed by atoms with Crippen LogP contribution in [0.2, 0.25) is 0 Å². The van der Waals surface area contributed by atoms with Crippen molar-refractivity contribution in [3.05, 3.63) is 149 Å². The zero-order valence-electron chi connectivity index (χ0n) is 18.4. The first-order valence-electron chi connectivity index (χ1n) is 11.3. The number of hydrogen-bond acceptors (Lipinski definition) is 1. The van der Waals surface area contributed by atoms with Crippen LogP contribution >= 0.6 is 15.9 Å². The molecule has 34 heavy (non-hydrogen) atoms. The number of aromatic nitrogens is 1. The van der Waals surface area contributed by atoms with E-state index >= 15 is 0 Å². The van der Waals surface area contributed by atoms with Gasteiger partial charge in [0.05, 0.1) is 16.7 Å². The Labute approximate surface area is 206 Å². The minimum atomic E-state index is -1.35. The summed E-state index contributed by atoms with van der Waals surface area (Å²) in [7, 11) is 0. The van der Waals surface area contributed by atoms with Crippen molar-refractivity contribution in [2.24, 2.45) is 0 Å². The highest BCUT2D eigenvalue weighted by molar-refractivity contribution is 9.10. The van der Waals surface area contributed by atoms with Gasteiger partial charge < -0.3 is 9.67 Å². The lowest BCUT2D eigenvalue weighted by atomic mass is 9.79. The van der Waals surface area contributed by atoms with Crippen molar-refractivity contribution in [2.75, 3.05) is 0 Å². The van der Waals surface area contributed by atoms with Gasteiger partial charge in [-0.25, -0.2) is 0 Å². The Morgan fingerprint density at radius 1 is 0.559 bits per heavy atom. The van der Waals surface area contributed by atoms with Gasteiger partial charge in [0.1, 0.15) is 5.60 Å². The molecule has 0 saturated carbocycles. The Morgan fingerprint density at radius 3 is 1.79 bits per heavy atom. The van der Waals surface area contributed by atoms with Gasteiger partial charge in [0.15, 0.2) is 0 Å². The number of hydrogen-bond donors (Lipinski definition) is 1. The molecule has 0 bridgehead atoms. The number of aliphatic hydroxyl groups is 1. The van der Waals surface area contributed by atoms with Gasteiger partial charge in [0.25, 0.3) is 0 Å².